The Hall–Kier alpha value is -1.06. The van der Waals surface area contributed by atoms with Crippen molar-refractivity contribution in [1.29, 1.82) is 0 Å². The van der Waals surface area contributed by atoms with Crippen molar-refractivity contribution in [2.75, 3.05) is 50.8 Å². The monoisotopic (exact) mass is 515 g/mol. The molecule has 2 heterocycles. The normalized spacial score (nSPS) is 22.7. The SMILES string of the molecule is CCNC(=NCC(C)N1CCOCC1C)NC1CCN(c2ccccc2)CC1.I. The van der Waals surface area contributed by atoms with Gasteiger partial charge in [0.05, 0.1) is 19.8 Å². The van der Waals surface area contributed by atoms with E-state index in [1.165, 1.54) is 5.69 Å². The third-order valence-electron chi connectivity index (χ3n) is 5.80. The first-order valence-electron chi connectivity index (χ1n) is 10.9. The van der Waals surface area contributed by atoms with E-state index in [9.17, 15) is 0 Å². The second-order valence-electron chi connectivity index (χ2n) is 7.97. The van der Waals surface area contributed by atoms with E-state index in [0.717, 1.165) is 64.7 Å². The fraction of sp³-hybridized carbons (Fsp3) is 0.682. The summed E-state index contributed by atoms with van der Waals surface area (Å²) in [6.07, 6.45) is 2.27. The molecule has 0 aromatic heterocycles. The van der Waals surface area contributed by atoms with Crippen LogP contribution in [-0.4, -0.2) is 74.9 Å². The average molecular weight is 515 g/mol. The molecule has 7 heteroatoms. The Kier molecular flexibility index (Phi) is 10.5. The minimum Gasteiger partial charge on any atom is -0.379 e. The van der Waals surface area contributed by atoms with Crippen LogP contribution in [-0.2, 0) is 4.74 Å². The second kappa shape index (κ2) is 12.6. The molecule has 2 fully saturated rings. The molecular formula is C22H38IN5O. The number of benzene rings is 1. The Bertz CT molecular complexity index is 606. The summed E-state index contributed by atoms with van der Waals surface area (Å²) in [5.41, 5.74) is 1.33. The van der Waals surface area contributed by atoms with Crippen molar-refractivity contribution in [2.45, 2.75) is 51.7 Å². The van der Waals surface area contributed by atoms with Crippen LogP contribution in [0.5, 0.6) is 0 Å². The summed E-state index contributed by atoms with van der Waals surface area (Å²) in [5, 5.41) is 7.09. The van der Waals surface area contributed by atoms with E-state index in [2.05, 4.69) is 71.5 Å². The van der Waals surface area contributed by atoms with Gasteiger partial charge in [-0.15, -0.1) is 24.0 Å². The number of guanidine groups is 1. The molecule has 0 aliphatic carbocycles. The molecule has 2 aliphatic rings. The Morgan fingerprint density at radius 2 is 1.93 bits per heavy atom. The summed E-state index contributed by atoms with van der Waals surface area (Å²) in [4.78, 5) is 9.88. The molecule has 2 aliphatic heterocycles. The third kappa shape index (κ3) is 7.29. The Morgan fingerprint density at radius 3 is 2.59 bits per heavy atom. The number of rotatable bonds is 6. The average Bonchev–Trinajstić information content (AvgIpc) is 2.73. The van der Waals surface area contributed by atoms with Gasteiger partial charge in [0, 0.05) is 50.0 Å². The molecule has 0 spiro atoms. The lowest BCUT2D eigenvalue weighted by atomic mass is 10.0. The zero-order valence-electron chi connectivity index (χ0n) is 18.1. The van der Waals surface area contributed by atoms with Crippen LogP contribution in [0.1, 0.15) is 33.6 Å². The molecule has 0 amide bonds. The highest BCUT2D eigenvalue weighted by molar-refractivity contribution is 14.0. The maximum absolute atomic E-state index is 5.56. The van der Waals surface area contributed by atoms with Crippen molar-refractivity contribution in [3.63, 3.8) is 0 Å². The fourth-order valence-electron chi connectivity index (χ4n) is 4.16. The molecule has 6 nitrogen and oxygen atoms in total. The highest BCUT2D eigenvalue weighted by Crippen LogP contribution is 2.19. The highest BCUT2D eigenvalue weighted by atomic mass is 127. The first-order chi connectivity index (χ1) is 13.7. The van der Waals surface area contributed by atoms with Gasteiger partial charge >= 0.3 is 0 Å². The Morgan fingerprint density at radius 1 is 1.21 bits per heavy atom. The molecule has 29 heavy (non-hydrogen) atoms. The quantitative estimate of drug-likeness (QED) is 0.347. The number of anilines is 1. The number of hydrogen-bond acceptors (Lipinski definition) is 4. The number of hydrogen-bond donors (Lipinski definition) is 2. The number of para-hydroxylation sites is 1. The number of morpholine rings is 1. The van der Waals surface area contributed by atoms with E-state index in [0.29, 0.717) is 18.1 Å². The van der Waals surface area contributed by atoms with Gasteiger partial charge in [0.1, 0.15) is 0 Å². The number of halogens is 1. The molecule has 2 N–H and O–H groups in total. The standard InChI is InChI=1S/C22H37N5O.HI/c1-4-23-22(24-16-18(2)27-14-15-28-17-19(27)3)25-20-10-12-26(13-11-20)21-8-6-5-7-9-21;/h5-9,18-20H,4,10-17H2,1-3H3,(H2,23,24,25);1H. The van der Waals surface area contributed by atoms with Gasteiger partial charge in [0.25, 0.3) is 0 Å². The zero-order valence-corrected chi connectivity index (χ0v) is 20.5. The molecule has 2 unspecified atom stereocenters. The lowest BCUT2D eigenvalue weighted by Crippen LogP contribution is -2.51. The summed E-state index contributed by atoms with van der Waals surface area (Å²) in [6.45, 7) is 13.2. The molecule has 0 radical (unpaired) electrons. The highest BCUT2D eigenvalue weighted by Gasteiger charge is 2.24. The molecule has 0 saturated carbocycles. The second-order valence-corrected chi connectivity index (χ2v) is 7.97. The molecular weight excluding hydrogens is 477 g/mol. The van der Waals surface area contributed by atoms with E-state index in [-0.39, 0.29) is 24.0 Å². The van der Waals surface area contributed by atoms with Gasteiger partial charge in [-0.2, -0.15) is 0 Å². The van der Waals surface area contributed by atoms with Crippen LogP contribution in [0.2, 0.25) is 0 Å². The molecule has 0 bridgehead atoms. The van der Waals surface area contributed by atoms with Crippen LogP contribution >= 0.6 is 24.0 Å². The van der Waals surface area contributed by atoms with Crippen LogP contribution < -0.4 is 15.5 Å². The van der Waals surface area contributed by atoms with Gasteiger partial charge in [-0.25, -0.2) is 0 Å². The topological polar surface area (TPSA) is 52.1 Å². The van der Waals surface area contributed by atoms with E-state index < -0.39 is 0 Å². The van der Waals surface area contributed by atoms with E-state index in [1.807, 2.05) is 0 Å². The van der Waals surface area contributed by atoms with Gasteiger partial charge in [-0.3, -0.25) is 9.89 Å². The van der Waals surface area contributed by atoms with Gasteiger partial charge in [0.15, 0.2) is 5.96 Å². The summed E-state index contributed by atoms with van der Waals surface area (Å²) in [6, 6.07) is 12.1. The maximum atomic E-state index is 5.56. The van der Waals surface area contributed by atoms with Gasteiger partial charge in [-0.05, 0) is 45.7 Å². The third-order valence-corrected chi connectivity index (χ3v) is 5.80. The van der Waals surface area contributed by atoms with Crippen LogP contribution in [0.3, 0.4) is 0 Å². The molecule has 1 aromatic rings. The Balaban J connectivity index is 0.00000300. The van der Waals surface area contributed by atoms with E-state index in [4.69, 9.17) is 9.73 Å². The van der Waals surface area contributed by atoms with Crippen molar-refractivity contribution >= 4 is 35.6 Å². The number of ether oxygens (including phenoxy) is 1. The smallest absolute Gasteiger partial charge is 0.191 e. The molecule has 3 rings (SSSR count). The van der Waals surface area contributed by atoms with Gasteiger partial charge in [-0.1, -0.05) is 18.2 Å². The van der Waals surface area contributed by atoms with Gasteiger partial charge in [0.2, 0.25) is 0 Å². The van der Waals surface area contributed by atoms with Crippen LogP contribution in [0.4, 0.5) is 5.69 Å². The lowest BCUT2D eigenvalue weighted by Gasteiger charge is -2.37. The summed E-state index contributed by atoms with van der Waals surface area (Å²) in [7, 11) is 0. The summed E-state index contributed by atoms with van der Waals surface area (Å²) >= 11 is 0. The van der Waals surface area contributed by atoms with Crippen molar-refractivity contribution in [3.05, 3.63) is 30.3 Å². The first kappa shape index (κ1) is 24.2. The molecule has 1 aromatic carbocycles. The Labute approximate surface area is 193 Å². The van der Waals surface area contributed by atoms with Crippen LogP contribution in [0.25, 0.3) is 0 Å². The largest absolute Gasteiger partial charge is 0.379 e. The molecule has 164 valence electrons. The number of piperidine rings is 1. The number of nitrogens with zero attached hydrogens (tertiary/aromatic N) is 3. The first-order valence-corrected chi connectivity index (χ1v) is 10.9. The van der Waals surface area contributed by atoms with Crippen LogP contribution in [0, 0.1) is 0 Å². The van der Waals surface area contributed by atoms with E-state index >= 15 is 0 Å². The van der Waals surface area contributed by atoms with Crippen molar-refractivity contribution < 1.29 is 4.74 Å². The minimum atomic E-state index is 0. The lowest BCUT2D eigenvalue weighted by molar-refractivity contribution is -0.0165. The predicted molar refractivity (Wildman–Crippen MR) is 133 cm³/mol. The number of nitrogens with one attached hydrogen (secondary N) is 2. The summed E-state index contributed by atoms with van der Waals surface area (Å²) in [5.74, 6) is 0.952. The number of aliphatic imine (C=N–C) groups is 1. The molecule has 2 atom stereocenters. The van der Waals surface area contributed by atoms with Crippen molar-refractivity contribution in [1.82, 2.24) is 15.5 Å². The predicted octanol–water partition coefficient (Wildman–Crippen LogP) is 2.94. The summed E-state index contributed by atoms with van der Waals surface area (Å²) < 4.78 is 5.56. The maximum Gasteiger partial charge on any atom is 0.191 e. The van der Waals surface area contributed by atoms with Crippen molar-refractivity contribution in [3.8, 4) is 0 Å². The van der Waals surface area contributed by atoms with Crippen molar-refractivity contribution in [2.24, 2.45) is 4.99 Å². The molecule has 2 saturated heterocycles. The zero-order chi connectivity index (χ0) is 19.8. The van der Waals surface area contributed by atoms with Gasteiger partial charge < -0.3 is 20.3 Å². The van der Waals surface area contributed by atoms with E-state index in [1.54, 1.807) is 0 Å². The minimum absolute atomic E-state index is 0. The van der Waals surface area contributed by atoms with Crippen LogP contribution in [0.15, 0.2) is 35.3 Å². The fourth-order valence-corrected chi connectivity index (χ4v) is 4.16.